The predicted octanol–water partition coefficient (Wildman–Crippen LogP) is 4.94. The van der Waals surface area contributed by atoms with Crippen LogP contribution in [0, 0.1) is 6.92 Å². The second-order valence-corrected chi connectivity index (χ2v) is 10.7. The molecular weight excluding hydrogens is 488 g/mol. The van der Waals surface area contributed by atoms with Gasteiger partial charge in [-0.15, -0.1) is 11.8 Å². The van der Waals surface area contributed by atoms with Crippen molar-refractivity contribution in [3.8, 4) is 17.2 Å². The highest BCUT2D eigenvalue weighted by Gasteiger charge is 2.19. The molecule has 3 rings (SSSR count). The molecule has 2 N–H and O–H groups in total. The Balaban J connectivity index is 1.66. The highest BCUT2D eigenvalue weighted by atomic mass is 32.2. The molecule has 186 valence electrons. The van der Waals surface area contributed by atoms with Crippen molar-refractivity contribution in [2.75, 3.05) is 31.4 Å². The number of methoxy groups -OCH3 is 3. The third-order valence-corrected chi connectivity index (χ3v) is 7.54. The van der Waals surface area contributed by atoms with Crippen molar-refractivity contribution in [3.05, 3.63) is 66.2 Å². The molecule has 35 heavy (non-hydrogen) atoms. The largest absolute Gasteiger partial charge is 0.495 e. The molecule has 0 unspecified atom stereocenters. The Morgan fingerprint density at radius 3 is 2.11 bits per heavy atom. The van der Waals surface area contributed by atoms with Crippen LogP contribution in [-0.2, 0) is 14.8 Å². The van der Waals surface area contributed by atoms with Gasteiger partial charge in [-0.3, -0.25) is 9.52 Å². The molecule has 0 spiro atoms. The summed E-state index contributed by atoms with van der Waals surface area (Å²) in [6, 6.07) is 16.6. The molecule has 3 aromatic carbocycles. The smallest absolute Gasteiger partial charge is 0.262 e. The van der Waals surface area contributed by atoms with Crippen molar-refractivity contribution in [2.45, 2.75) is 28.9 Å². The molecule has 1 amide bonds. The third kappa shape index (κ3) is 6.61. The molecule has 0 radical (unpaired) electrons. The summed E-state index contributed by atoms with van der Waals surface area (Å²) >= 11 is 1.37. The maximum absolute atomic E-state index is 12.8. The molecule has 3 aromatic rings. The van der Waals surface area contributed by atoms with Gasteiger partial charge < -0.3 is 19.5 Å². The number of amides is 1. The van der Waals surface area contributed by atoms with Crippen LogP contribution in [0.2, 0.25) is 0 Å². The number of nitrogens with one attached hydrogen (secondary N) is 2. The second-order valence-electron chi connectivity index (χ2n) is 7.60. The van der Waals surface area contributed by atoms with Gasteiger partial charge in [0, 0.05) is 10.6 Å². The number of aryl methyl sites for hydroxylation is 1. The first-order valence-corrected chi connectivity index (χ1v) is 13.0. The van der Waals surface area contributed by atoms with Gasteiger partial charge in [0.25, 0.3) is 10.0 Å². The van der Waals surface area contributed by atoms with Crippen LogP contribution in [0.15, 0.2) is 70.5 Å². The summed E-state index contributed by atoms with van der Waals surface area (Å²) in [6.45, 7) is 3.65. The fraction of sp³-hybridized carbons (Fsp3) is 0.240. The van der Waals surface area contributed by atoms with Crippen molar-refractivity contribution >= 4 is 39.1 Å². The number of hydrogen-bond acceptors (Lipinski definition) is 7. The lowest BCUT2D eigenvalue weighted by atomic mass is 10.2. The highest BCUT2D eigenvalue weighted by molar-refractivity contribution is 8.00. The lowest BCUT2D eigenvalue weighted by Gasteiger charge is -2.15. The molecule has 0 heterocycles. The molecule has 8 nitrogen and oxygen atoms in total. The molecule has 0 bridgehead atoms. The molecular formula is C25H28N2O6S2. The van der Waals surface area contributed by atoms with Crippen LogP contribution in [0.4, 0.5) is 11.4 Å². The van der Waals surface area contributed by atoms with Gasteiger partial charge in [0.2, 0.25) is 5.91 Å². The van der Waals surface area contributed by atoms with Gasteiger partial charge in [0.05, 0.1) is 37.2 Å². The fourth-order valence-electron chi connectivity index (χ4n) is 3.21. The molecule has 0 saturated heterocycles. The standard InChI is InChI=1S/C25H28N2O6S2/c1-16-6-12-22(31-3)21(14-16)27-35(29,30)20-10-7-18(8-11-20)26-25(28)17(2)34-19-9-13-23(32-4)24(15-19)33-5/h6-15,17,27H,1-5H3,(H,26,28)/t17-/m0/s1. The van der Waals surface area contributed by atoms with Crippen LogP contribution in [0.3, 0.4) is 0 Å². The zero-order valence-corrected chi connectivity index (χ0v) is 21.7. The normalized spacial score (nSPS) is 11.9. The lowest BCUT2D eigenvalue weighted by Crippen LogP contribution is -2.22. The summed E-state index contributed by atoms with van der Waals surface area (Å²) < 4.78 is 44.0. The van der Waals surface area contributed by atoms with Gasteiger partial charge in [0.1, 0.15) is 5.75 Å². The van der Waals surface area contributed by atoms with E-state index >= 15 is 0 Å². The van der Waals surface area contributed by atoms with Gasteiger partial charge in [-0.05, 0) is 74.0 Å². The molecule has 1 atom stereocenters. The third-order valence-electron chi connectivity index (χ3n) is 5.07. The first-order chi connectivity index (χ1) is 16.7. The Kier molecular flexibility index (Phi) is 8.52. The number of carbonyl (C=O) groups is 1. The Morgan fingerprint density at radius 2 is 1.49 bits per heavy atom. The van der Waals surface area contributed by atoms with Gasteiger partial charge in [-0.25, -0.2) is 8.42 Å². The first kappa shape index (κ1) is 26.2. The van der Waals surface area contributed by atoms with Crippen LogP contribution >= 0.6 is 11.8 Å². The van der Waals surface area contributed by atoms with E-state index in [4.69, 9.17) is 14.2 Å². The van der Waals surface area contributed by atoms with E-state index in [0.29, 0.717) is 28.6 Å². The first-order valence-electron chi connectivity index (χ1n) is 10.6. The van der Waals surface area contributed by atoms with E-state index in [1.165, 1.54) is 31.0 Å². The average molecular weight is 517 g/mol. The van der Waals surface area contributed by atoms with Crippen molar-refractivity contribution in [2.24, 2.45) is 0 Å². The molecule has 0 saturated carbocycles. The van der Waals surface area contributed by atoms with Gasteiger partial charge in [-0.1, -0.05) is 6.07 Å². The van der Waals surface area contributed by atoms with E-state index in [1.54, 1.807) is 51.5 Å². The van der Waals surface area contributed by atoms with Crippen LogP contribution in [0.5, 0.6) is 17.2 Å². The summed E-state index contributed by atoms with van der Waals surface area (Å²) in [5.74, 6) is 1.39. The van der Waals surface area contributed by atoms with Gasteiger partial charge >= 0.3 is 0 Å². The minimum atomic E-state index is -3.85. The quantitative estimate of drug-likeness (QED) is 0.368. The summed E-state index contributed by atoms with van der Waals surface area (Å²) in [6.07, 6.45) is 0. The van der Waals surface area contributed by atoms with Crippen molar-refractivity contribution in [1.82, 2.24) is 0 Å². The Hall–Kier alpha value is -3.37. The number of hydrogen-bond donors (Lipinski definition) is 2. The van der Waals surface area contributed by atoms with Crippen molar-refractivity contribution < 1.29 is 27.4 Å². The molecule has 0 aliphatic carbocycles. The van der Waals surface area contributed by atoms with Crippen LogP contribution in [-0.4, -0.2) is 40.9 Å². The number of carbonyl (C=O) groups excluding carboxylic acids is 1. The molecule has 0 aliphatic rings. The Labute approximate surface area is 210 Å². The van der Waals surface area contributed by atoms with E-state index in [-0.39, 0.29) is 10.8 Å². The lowest BCUT2D eigenvalue weighted by molar-refractivity contribution is -0.115. The number of sulfonamides is 1. The predicted molar refractivity (Wildman–Crippen MR) is 138 cm³/mol. The van der Waals surface area contributed by atoms with E-state index in [9.17, 15) is 13.2 Å². The number of benzene rings is 3. The minimum absolute atomic E-state index is 0.0619. The van der Waals surface area contributed by atoms with Crippen LogP contribution < -0.4 is 24.2 Å². The zero-order chi connectivity index (χ0) is 25.6. The molecule has 10 heteroatoms. The van der Waals surface area contributed by atoms with Crippen LogP contribution in [0.1, 0.15) is 12.5 Å². The van der Waals surface area contributed by atoms with E-state index in [0.717, 1.165) is 10.5 Å². The summed E-state index contributed by atoms with van der Waals surface area (Å²) in [7, 11) is 0.747. The number of rotatable bonds is 10. The Bertz CT molecular complexity index is 1290. The minimum Gasteiger partial charge on any atom is -0.495 e. The number of anilines is 2. The van der Waals surface area contributed by atoms with E-state index in [2.05, 4.69) is 10.0 Å². The highest BCUT2D eigenvalue weighted by Crippen LogP contribution is 2.34. The van der Waals surface area contributed by atoms with Crippen LogP contribution in [0.25, 0.3) is 0 Å². The van der Waals surface area contributed by atoms with Crippen molar-refractivity contribution in [3.63, 3.8) is 0 Å². The maximum atomic E-state index is 12.8. The maximum Gasteiger partial charge on any atom is 0.262 e. The average Bonchev–Trinajstić information content (AvgIpc) is 2.84. The summed E-state index contributed by atoms with van der Waals surface area (Å²) in [4.78, 5) is 13.6. The van der Waals surface area contributed by atoms with Gasteiger partial charge in [-0.2, -0.15) is 0 Å². The van der Waals surface area contributed by atoms with Gasteiger partial charge in [0.15, 0.2) is 11.5 Å². The summed E-state index contributed by atoms with van der Waals surface area (Å²) in [5.41, 5.74) is 1.73. The number of thioether (sulfide) groups is 1. The second kappa shape index (κ2) is 11.4. The topological polar surface area (TPSA) is 103 Å². The van der Waals surface area contributed by atoms with E-state index < -0.39 is 15.3 Å². The zero-order valence-electron chi connectivity index (χ0n) is 20.1. The van der Waals surface area contributed by atoms with Crippen molar-refractivity contribution in [1.29, 1.82) is 0 Å². The molecule has 0 aromatic heterocycles. The summed E-state index contributed by atoms with van der Waals surface area (Å²) in [5, 5.41) is 2.41. The monoisotopic (exact) mass is 516 g/mol. The SMILES string of the molecule is COc1ccc(C)cc1NS(=O)(=O)c1ccc(NC(=O)[C@H](C)Sc2ccc(OC)c(OC)c2)cc1. The van der Waals surface area contributed by atoms with E-state index in [1.807, 2.05) is 25.1 Å². The fourth-order valence-corrected chi connectivity index (χ4v) is 5.17. The molecule has 0 aliphatic heterocycles. The Morgan fingerprint density at radius 1 is 0.857 bits per heavy atom. The number of ether oxygens (including phenoxy) is 3. The molecule has 0 fully saturated rings.